The molecule has 0 unspecified atom stereocenters. The molecule has 0 saturated heterocycles. The molecule has 2 aromatic rings. The molecule has 4 heteroatoms. The Labute approximate surface area is 109 Å². The second kappa shape index (κ2) is 5.03. The number of carbonyl (C=O) groups is 1. The van der Waals surface area contributed by atoms with Crippen LogP contribution in [0.4, 0.5) is 0 Å². The van der Waals surface area contributed by atoms with E-state index in [0.29, 0.717) is 10.4 Å². The zero-order valence-electron chi connectivity index (χ0n) is 10.1. The van der Waals surface area contributed by atoms with Crippen LogP contribution in [-0.2, 0) is 4.74 Å². The number of nitrogens with zero attached hydrogens (tertiary/aromatic N) is 1. The summed E-state index contributed by atoms with van der Waals surface area (Å²) in [5.41, 5.74) is 3.31. The second-order valence-corrected chi connectivity index (χ2v) is 4.69. The zero-order chi connectivity index (χ0) is 13.1. The quantitative estimate of drug-likeness (QED) is 0.775. The van der Waals surface area contributed by atoms with E-state index in [1.165, 1.54) is 18.4 Å². The third-order valence-corrected chi connectivity index (χ3v) is 3.70. The normalized spacial score (nSPS) is 9.83. The van der Waals surface area contributed by atoms with E-state index in [1.54, 1.807) is 12.1 Å². The van der Waals surface area contributed by atoms with Gasteiger partial charge in [-0.3, -0.25) is 0 Å². The lowest BCUT2D eigenvalue weighted by Crippen LogP contribution is -2.00. The minimum absolute atomic E-state index is 0.342. The van der Waals surface area contributed by atoms with Gasteiger partial charge in [-0.1, -0.05) is 12.1 Å². The molecule has 3 nitrogen and oxygen atoms in total. The molecule has 90 valence electrons. The molecule has 2 rings (SSSR count). The van der Waals surface area contributed by atoms with Crippen molar-refractivity contribution in [2.24, 2.45) is 0 Å². The fraction of sp³-hybridized carbons (Fsp3) is 0.143. The standard InChI is InChI=1S/C14H11NO2S/c1-9-8-18-13(14(16)17-2)12(9)11-5-3-4-10(6-11)7-15/h3-6,8H,1-2H3. The van der Waals surface area contributed by atoms with Gasteiger partial charge in [-0.25, -0.2) is 4.79 Å². The van der Waals surface area contributed by atoms with Crippen molar-refractivity contribution >= 4 is 17.3 Å². The zero-order valence-corrected chi connectivity index (χ0v) is 10.9. The van der Waals surface area contributed by atoms with Crippen molar-refractivity contribution in [1.29, 1.82) is 5.26 Å². The molecular formula is C14H11NO2S. The Morgan fingerprint density at radius 2 is 2.22 bits per heavy atom. The first kappa shape index (κ1) is 12.3. The fourth-order valence-corrected chi connectivity index (χ4v) is 2.78. The van der Waals surface area contributed by atoms with Crippen molar-refractivity contribution in [3.05, 3.63) is 45.6 Å². The minimum Gasteiger partial charge on any atom is -0.465 e. The first-order chi connectivity index (χ1) is 8.67. The van der Waals surface area contributed by atoms with Gasteiger partial charge in [0.05, 0.1) is 18.7 Å². The topological polar surface area (TPSA) is 50.1 Å². The van der Waals surface area contributed by atoms with Gasteiger partial charge in [-0.15, -0.1) is 11.3 Å². The molecule has 1 heterocycles. The van der Waals surface area contributed by atoms with Crippen molar-refractivity contribution in [1.82, 2.24) is 0 Å². The van der Waals surface area contributed by atoms with Gasteiger partial charge in [0.1, 0.15) is 4.88 Å². The van der Waals surface area contributed by atoms with E-state index in [9.17, 15) is 4.79 Å². The number of rotatable bonds is 2. The Balaban J connectivity index is 2.60. The summed E-state index contributed by atoms with van der Waals surface area (Å²) in [4.78, 5) is 12.3. The number of carbonyl (C=O) groups excluding carboxylic acids is 1. The maximum Gasteiger partial charge on any atom is 0.348 e. The second-order valence-electron chi connectivity index (χ2n) is 3.81. The van der Waals surface area contributed by atoms with Crippen LogP contribution in [0, 0.1) is 18.3 Å². The molecular weight excluding hydrogens is 246 g/mol. The molecule has 0 radical (unpaired) electrons. The summed E-state index contributed by atoms with van der Waals surface area (Å²) in [5.74, 6) is -0.342. The molecule has 0 fully saturated rings. The Bertz CT molecular complexity index is 637. The number of esters is 1. The van der Waals surface area contributed by atoms with Gasteiger partial charge >= 0.3 is 5.97 Å². The maximum atomic E-state index is 11.7. The highest BCUT2D eigenvalue weighted by Crippen LogP contribution is 2.33. The van der Waals surface area contributed by atoms with E-state index in [0.717, 1.165) is 16.7 Å². The van der Waals surface area contributed by atoms with E-state index >= 15 is 0 Å². The first-order valence-electron chi connectivity index (χ1n) is 5.34. The molecule has 18 heavy (non-hydrogen) atoms. The van der Waals surface area contributed by atoms with Crippen LogP contribution < -0.4 is 0 Å². The van der Waals surface area contributed by atoms with E-state index in [2.05, 4.69) is 6.07 Å². The number of methoxy groups -OCH3 is 1. The van der Waals surface area contributed by atoms with Gasteiger partial charge in [0, 0.05) is 5.56 Å². The van der Waals surface area contributed by atoms with Crippen molar-refractivity contribution in [2.75, 3.05) is 7.11 Å². The Kier molecular flexibility index (Phi) is 3.45. The average molecular weight is 257 g/mol. The lowest BCUT2D eigenvalue weighted by molar-refractivity contribution is 0.0607. The van der Waals surface area contributed by atoms with Crippen molar-refractivity contribution in [3.63, 3.8) is 0 Å². The highest BCUT2D eigenvalue weighted by molar-refractivity contribution is 7.12. The Hall–Kier alpha value is -2.12. The molecule has 0 aliphatic heterocycles. The van der Waals surface area contributed by atoms with E-state index < -0.39 is 0 Å². The predicted molar refractivity (Wildman–Crippen MR) is 70.5 cm³/mol. The summed E-state index contributed by atoms with van der Waals surface area (Å²) in [6.45, 7) is 1.94. The van der Waals surface area contributed by atoms with Crippen LogP contribution in [0.15, 0.2) is 29.6 Å². The molecule has 0 N–H and O–H groups in total. The van der Waals surface area contributed by atoms with Gasteiger partial charge in [0.2, 0.25) is 0 Å². The van der Waals surface area contributed by atoms with Gasteiger partial charge in [0.25, 0.3) is 0 Å². The Morgan fingerprint density at radius 1 is 1.44 bits per heavy atom. The van der Waals surface area contributed by atoms with Crippen LogP contribution in [-0.4, -0.2) is 13.1 Å². The minimum atomic E-state index is -0.342. The van der Waals surface area contributed by atoms with Crippen molar-refractivity contribution in [3.8, 4) is 17.2 Å². The van der Waals surface area contributed by atoms with Crippen LogP contribution in [0.2, 0.25) is 0 Å². The number of hydrogen-bond donors (Lipinski definition) is 0. The smallest absolute Gasteiger partial charge is 0.348 e. The first-order valence-corrected chi connectivity index (χ1v) is 6.22. The van der Waals surface area contributed by atoms with Crippen molar-refractivity contribution in [2.45, 2.75) is 6.92 Å². The summed E-state index contributed by atoms with van der Waals surface area (Å²) >= 11 is 1.36. The van der Waals surface area contributed by atoms with E-state index in [1.807, 2.05) is 24.4 Å². The lowest BCUT2D eigenvalue weighted by atomic mass is 10.0. The summed E-state index contributed by atoms with van der Waals surface area (Å²) < 4.78 is 4.77. The number of aryl methyl sites for hydroxylation is 1. The highest BCUT2D eigenvalue weighted by atomic mass is 32.1. The van der Waals surface area contributed by atoms with Gasteiger partial charge in [-0.2, -0.15) is 5.26 Å². The van der Waals surface area contributed by atoms with Crippen LogP contribution in [0.5, 0.6) is 0 Å². The highest BCUT2D eigenvalue weighted by Gasteiger charge is 2.18. The number of ether oxygens (including phenoxy) is 1. The number of nitriles is 1. The molecule has 1 aromatic carbocycles. The SMILES string of the molecule is COC(=O)c1scc(C)c1-c1cccc(C#N)c1. The number of benzene rings is 1. The summed E-state index contributed by atoms with van der Waals surface area (Å²) in [7, 11) is 1.37. The average Bonchev–Trinajstić information content (AvgIpc) is 2.79. The molecule has 0 atom stereocenters. The predicted octanol–water partition coefficient (Wildman–Crippen LogP) is 3.38. The number of hydrogen-bond acceptors (Lipinski definition) is 4. The van der Waals surface area contributed by atoms with Crippen LogP contribution in [0.25, 0.3) is 11.1 Å². The summed E-state index contributed by atoms with van der Waals surface area (Å²) in [6, 6.07) is 9.32. The van der Waals surface area contributed by atoms with Gasteiger partial charge < -0.3 is 4.74 Å². The van der Waals surface area contributed by atoms with Crippen molar-refractivity contribution < 1.29 is 9.53 Å². The summed E-state index contributed by atoms with van der Waals surface area (Å²) in [6.07, 6.45) is 0. The molecule has 0 spiro atoms. The summed E-state index contributed by atoms with van der Waals surface area (Å²) in [5, 5.41) is 10.8. The van der Waals surface area contributed by atoms with Crippen LogP contribution in [0.1, 0.15) is 20.8 Å². The van der Waals surface area contributed by atoms with E-state index in [4.69, 9.17) is 10.00 Å². The molecule has 0 aliphatic rings. The van der Waals surface area contributed by atoms with Gasteiger partial charge in [-0.05, 0) is 35.6 Å². The molecule has 1 aromatic heterocycles. The largest absolute Gasteiger partial charge is 0.465 e. The lowest BCUT2D eigenvalue weighted by Gasteiger charge is -2.05. The van der Waals surface area contributed by atoms with Gasteiger partial charge in [0.15, 0.2) is 0 Å². The molecule has 0 amide bonds. The van der Waals surface area contributed by atoms with Crippen LogP contribution in [0.3, 0.4) is 0 Å². The third kappa shape index (κ3) is 2.13. The monoisotopic (exact) mass is 257 g/mol. The fourth-order valence-electron chi connectivity index (χ4n) is 1.79. The number of thiophene rings is 1. The maximum absolute atomic E-state index is 11.7. The molecule has 0 bridgehead atoms. The molecule has 0 saturated carbocycles. The third-order valence-electron chi connectivity index (χ3n) is 2.63. The Morgan fingerprint density at radius 3 is 2.89 bits per heavy atom. The van der Waals surface area contributed by atoms with E-state index in [-0.39, 0.29) is 5.97 Å². The van der Waals surface area contributed by atoms with Crippen LogP contribution >= 0.6 is 11.3 Å². The molecule has 0 aliphatic carbocycles.